The van der Waals surface area contributed by atoms with Crippen LogP contribution in [-0.4, -0.2) is 45.9 Å². The second kappa shape index (κ2) is 5.30. The fraction of sp³-hybridized carbons (Fsp3) is 0.889. The zero-order chi connectivity index (χ0) is 13.1. The van der Waals surface area contributed by atoms with E-state index in [4.69, 9.17) is 15.6 Å². The Labute approximate surface area is 101 Å². The summed E-state index contributed by atoms with van der Waals surface area (Å²) in [6.45, 7) is 2.65. The van der Waals surface area contributed by atoms with Gasteiger partial charge in [-0.25, -0.2) is 13.6 Å². The molecule has 100 valence electrons. The Bertz CT molecular complexity index is 384. The maximum absolute atomic E-state index is 11.9. The van der Waals surface area contributed by atoms with Crippen molar-refractivity contribution < 1.29 is 17.9 Å². The van der Waals surface area contributed by atoms with Crippen molar-refractivity contribution in [3.05, 3.63) is 0 Å². The van der Waals surface area contributed by atoms with Crippen LogP contribution in [0.5, 0.6) is 0 Å². The van der Waals surface area contributed by atoms with E-state index < -0.39 is 15.4 Å². The van der Waals surface area contributed by atoms with E-state index in [9.17, 15) is 13.2 Å². The van der Waals surface area contributed by atoms with Gasteiger partial charge in [0.2, 0.25) is 15.9 Å². The van der Waals surface area contributed by atoms with Crippen molar-refractivity contribution in [3.63, 3.8) is 0 Å². The zero-order valence-corrected chi connectivity index (χ0v) is 10.6. The predicted molar refractivity (Wildman–Crippen MR) is 62.5 cm³/mol. The van der Waals surface area contributed by atoms with E-state index >= 15 is 0 Å². The summed E-state index contributed by atoms with van der Waals surface area (Å²) >= 11 is 0. The maximum Gasteiger partial charge on any atom is 0.229 e. The number of nitrogens with one attached hydrogen (secondary N) is 1. The van der Waals surface area contributed by atoms with Gasteiger partial charge in [-0.05, 0) is 13.3 Å². The molecule has 2 unspecified atom stereocenters. The minimum atomic E-state index is -3.47. The molecule has 0 bridgehead atoms. The maximum atomic E-state index is 11.9. The third kappa shape index (κ3) is 3.91. The Morgan fingerprint density at radius 2 is 2.24 bits per heavy atom. The Morgan fingerprint density at radius 1 is 1.59 bits per heavy atom. The lowest BCUT2D eigenvalue weighted by Crippen LogP contribution is -2.50. The van der Waals surface area contributed by atoms with Crippen LogP contribution in [0.1, 0.15) is 13.3 Å². The summed E-state index contributed by atoms with van der Waals surface area (Å²) in [6, 6.07) is -0.333. The number of hydrogen-bond donors (Lipinski definition) is 3. The van der Waals surface area contributed by atoms with Crippen molar-refractivity contribution in [1.29, 1.82) is 0 Å². The summed E-state index contributed by atoms with van der Waals surface area (Å²) in [5.74, 6) is -0.357. The van der Waals surface area contributed by atoms with Gasteiger partial charge in [0.25, 0.3) is 0 Å². The van der Waals surface area contributed by atoms with Gasteiger partial charge in [-0.1, -0.05) is 0 Å². The molecule has 0 aliphatic carbocycles. The van der Waals surface area contributed by atoms with Crippen LogP contribution in [0.4, 0.5) is 0 Å². The van der Waals surface area contributed by atoms with Gasteiger partial charge in [-0.3, -0.25) is 4.79 Å². The molecule has 0 aromatic rings. The molecular weight excluding hydrogens is 246 g/mol. The molecule has 0 aromatic carbocycles. The Kier molecular flexibility index (Phi) is 4.48. The molecule has 2 atom stereocenters. The van der Waals surface area contributed by atoms with E-state index in [1.807, 2.05) is 0 Å². The lowest BCUT2D eigenvalue weighted by atomic mass is 9.85. The van der Waals surface area contributed by atoms with Crippen LogP contribution in [0.2, 0.25) is 0 Å². The number of carbonyl (C=O) groups is 1. The fourth-order valence-corrected chi connectivity index (χ4v) is 2.15. The largest absolute Gasteiger partial charge is 0.379 e. The molecule has 1 heterocycles. The molecule has 1 aliphatic rings. The normalized spacial score (nSPS) is 29.2. The summed E-state index contributed by atoms with van der Waals surface area (Å²) in [6.07, 6.45) is 0.288. The predicted octanol–water partition coefficient (Wildman–Crippen LogP) is -1.85. The molecular formula is C9H19N3O4S. The Hall–Kier alpha value is -0.700. The molecule has 1 rings (SSSR count). The van der Waals surface area contributed by atoms with Gasteiger partial charge in [-0.2, -0.15) is 0 Å². The highest BCUT2D eigenvalue weighted by atomic mass is 32.2. The van der Waals surface area contributed by atoms with Crippen molar-refractivity contribution in [2.75, 3.05) is 25.5 Å². The number of carbonyl (C=O) groups excluding carboxylic acids is 1. The quantitative estimate of drug-likeness (QED) is 0.503. The minimum Gasteiger partial charge on any atom is -0.379 e. The average molecular weight is 265 g/mol. The molecule has 0 spiro atoms. The van der Waals surface area contributed by atoms with Crippen LogP contribution in [0, 0.1) is 5.41 Å². The molecule has 1 aliphatic heterocycles. The molecule has 5 N–H and O–H groups in total. The van der Waals surface area contributed by atoms with Crippen LogP contribution < -0.4 is 16.2 Å². The summed E-state index contributed by atoms with van der Waals surface area (Å²) in [5, 5.41) is 7.49. The minimum absolute atomic E-state index is 0.146. The van der Waals surface area contributed by atoms with Crippen molar-refractivity contribution in [2.24, 2.45) is 16.3 Å². The van der Waals surface area contributed by atoms with Crippen molar-refractivity contribution in [2.45, 2.75) is 19.4 Å². The van der Waals surface area contributed by atoms with Gasteiger partial charge in [-0.15, -0.1) is 0 Å². The Morgan fingerprint density at radius 3 is 2.71 bits per heavy atom. The topological polar surface area (TPSA) is 125 Å². The van der Waals surface area contributed by atoms with E-state index in [1.165, 1.54) is 0 Å². The number of rotatable bonds is 5. The van der Waals surface area contributed by atoms with E-state index in [1.54, 1.807) is 6.92 Å². The van der Waals surface area contributed by atoms with Crippen LogP contribution in [0.25, 0.3) is 0 Å². The molecule has 1 saturated heterocycles. The number of sulfonamides is 1. The first-order valence-electron chi connectivity index (χ1n) is 5.38. The first-order chi connectivity index (χ1) is 7.76. The van der Waals surface area contributed by atoms with E-state index in [0.717, 1.165) is 0 Å². The number of ether oxygens (including phenoxy) is 1. The van der Waals surface area contributed by atoms with Crippen LogP contribution in [-0.2, 0) is 19.6 Å². The molecule has 0 radical (unpaired) electrons. The van der Waals surface area contributed by atoms with Gasteiger partial charge in [0.1, 0.15) is 0 Å². The highest BCUT2D eigenvalue weighted by Gasteiger charge is 2.44. The van der Waals surface area contributed by atoms with Crippen LogP contribution in [0.15, 0.2) is 0 Å². The van der Waals surface area contributed by atoms with Crippen LogP contribution >= 0.6 is 0 Å². The number of amides is 1. The standard InChI is InChI=1S/C9H19N3O4S/c1-9(6-16-5-7(9)10)8(13)12-3-2-4-17(11,14)15/h7H,2-6,10H2,1H3,(H,12,13)(H2,11,14,15). The molecule has 0 saturated carbocycles. The highest BCUT2D eigenvalue weighted by molar-refractivity contribution is 7.89. The van der Waals surface area contributed by atoms with E-state index in [2.05, 4.69) is 5.32 Å². The summed E-state index contributed by atoms with van der Waals surface area (Å²) in [4.78, 5) is 11.9. The molecule has 7 nitrogen and oxygen atoms in total. The first kappa shape index (κ1) is 14.4. The highest BCUT2D eigenvalue weighted by Crippen LogP contribution is 2.26. The average Bonchev–Trinajstić information content (AvgIpc) is 2.54. The second-order valence-electron chi connectivity index (χ2n) is 4.52. The first-order valence-corrected chi connectivity index (χ1v) is 7.09. The summed E-state index contributed by atoms with van der Waals surface area (Å²) in [7, 11) is -3.47. The number of nitrogens with two attached hydrogens (primary N) is 2. The third-order valence-electron chi connectivity index (χ3n) is 2.93. The van der Waals surface area contributed by atoms with Gasteiger partial charge in [0.15, 0.2) is 0 Å². The van der Waals surface area contributed by atoms with Gasteiger partial charge in [0, 0.05) is 12.6 Å². The number of hydrogen-bond acceptors (Lipinski definition) is 5. The molecule has 1 fully saturated rings. The van der Waals surface area contributed by atoms with Crippen molar-refractivity contribution in [3.8, 4) is 0 Å². The fourth-order valence-electron chi connectivity index (χ4n) is 1.60. The monoisotopic (exact) mass is 265 g/mol. The van der Waals surface area contributed by atoms with Gasteiger partial charge < -0.3 is 15.8 Å². The van der Waals surface area contributed by atoms with Gasteiger partial charge >= 0.3 is 0 Å². The lowest BCUT2D eigenvalue weighted by molar-refractivity contribution is -0.130. The summed E-state index contributed by atoms with van der Waals surface area (Å²) in [5.41, 5.74) is 5.05. The SMILES string of the molecule is CC1(C(=O)NCCCS(N)(=O)=O)COCC1N. The van der Waals surface area contributed by atoms with Crippen molar-refractivity contribution in [1.82, 2.24) is 5.32 Å². The molecule has 8 heteroatoms. The van der Waals surface area contributed by atoms with E-state index in [-0.39, 0.29) is 37.3 Å². The molecule has 0 aromatic heterocycles. The lowest BCUT2D eigenvalue weighted by Gasteiger charge is -2.25. The van der Waals surface area contributed by atoms with Crippen LogP contribution in [0.3, 0.4) is 0 Å². The molecule has 17 heavy (non-hydrogen) atoms. The smallest absolute Gasteiger partial charge is 0.229 e. The van der Waals surface area contributed by atoms with Gasteiger partial charge in [0.05, 0.1) is 24.4 Å². The van der Waals surface area contributed by atoms with E-state index in [0.29, 0.717) is 6.61 Å². The number of primary sulfonamides is 1. The molecule has 1 amide bonds. The van der Waals surface area contributed by atoms with Crippen molar-refractivity contribution >= 4 is 15.9 Å². The Balaban J connectivity index is 2.35. The zero-order valence-electron chi connectivity index (χ0n) is 9.81. The second-order valence-corrected chi connectivity index (χ2v) is 6.25. The summed E-state index contributed by atoms with van der Waals surface area (Å²) < 4.78 is 26.5. The third-order valence-corrected chi connectivity index (χ3v) is 3.79.